The third kappa shape index (κ3) is 2.85. The Morgan fingerprint density at radius 3 is 2.70 bits per heavy atom. The predicted molar refractivity (Wildman–Crippen MR) is 83.6 cm³/mol. The molecule has 1 aromatic heterocycles. The van der Waals surface area contributed by atoms with E-state index in [1.807, 2.05) is 13.8 Å². The number of hydrogen-bond acceptors (Lipinski definition) is 3. The zero-order valence-electron chi connectivity index (χ0n) is 11.2. The summed E-state index contributed by atoms with van der Waals surface area (Å²) < 4.78 is 14.3. The van der Waals surface area contributed by atoms with Crippen LogP contribution in [-0.2, 0) is 23.1 Å². The first-order valence-electron chi connectivity index (χ1n) is 6.09. The van der Waals surface area contributed by atoms with Crippen LogP contribution in [0.5, 0.6) is 0 Å². The van der Waals surface area contributed by atoms with E-state index < -0.39 is 10.8 Å². The lowest BCUT2D eigenvalue weighted by atomic mass is 10.3. The second-order valence-corrected chi connectivity index (χ2v) is 6.48. The predicted octanol–water partition coefficient (Wildman–Crippen LogP) is 3.41. The van der Waals surface area contributed by atoms with E-state index in [0.717, 1.165) is 11.4 Å². The summed E-state index contributed by atoms with van der Waals surface area (Å²) in [7, 11) is -1.37. The Balaban J connectivity index is 2.38. The molecule has 7 heteroatoms. The summed E-state index contributed by atoms with van der Waals surface area (Å²) in [5, 5.41) is 5.25. The topological polar surface area (TPSA) is 60.9 Å². The Labute approximate surface area is 130 Å². The Morgan fingerprint density at radius 2 is 2.10 bits per heavy atom. The molecule has 108 valence electrons. The van der Waals surface area contributed by atoms with Crippen molar-refractivity contribution < 1.29 is 4.21 Å². The summed E-state index contributed by atoms with van der Waals surface area (Å²) in [5.41, 5.74) is 7.75. The zero-order valence-corrected chi connectivity index (χ0v) is 13.5. The molecule has 0 aliphatic heterocycles. The van der Waals surface area contributed by atoms with Gasteiger partial charge in [-0.3, -0.25) is 8.89 Å². The fraction of sp³-hybridized carbons (Fsp3) is 0.308. The maximum Gasteiger partial charge on any atom is 0.0856 e. The molecular formula is C13H15Cl2N3OS. The minimum absolute atomic E-state index is 0.238. The first-order valence-corrected chi connectivity index (χ1v) is 8.17. The van der Waals surface area contributed by atoms with Crippen molar-refractivity contribution in [1.82, 2.24) is 9.78 Å². The van der Waals surface area contributed by atoms with Gasteiger partial charge in [-0.1, -0.05) is 29.3 Å². The Hall–Kier alpha value is -1.04. The number of nitrogens with zero attached hydrogens (tertiary/aromatic N) is 2. The van der Waals surface area contributed by atoms with Gasteiger partial charge in [0.15, 0.2) is 0 Å². The van der Waals surface area contributed by atoms with E-state index in [-0.39, 0.29) is 5.75 Å². The molecule has 0 aliphatic carbocycles. The normalized spacial score (nSPS) is 12.6. The van der Waals surface area contributed by atoms with Crippen LogP contribution in [0.25, 0.3) is 0 Å². The highest BCUT2D eigenvalue weighted by Gasteiger charge is 2.19. The van der Waals surface area contributed by atoms with Gasteiger partial charge in [0.1, 0.15) is 0 Å². The second-order valence-electron chi connectivity index (χ2n) is 4.31. The van der Waals surface area contributed by atoms with Crippen LogP contribution < -0.4 is 5.73 Å². The van der Waals surface area contributed by atoms with Crippen LogP contribution in [0.4, 0.5) is 5.69 Å². The van der Waals surface area contributed by atoms with Gasteiger partial charge in [0.25, 0.3) is 0 Å². The molecule has 0 bridgehead atoms. The van der Waals surface area contributed by atoms with Crippen molar-refractivity contribution in [2.24, 2.45) is 0 Å². The van der Waals surface area contributed by atoms with Gasteiger partial charge in [0.2, 0.25) is 0 Å². The highest BCUT2D eigenvalue weighted by molar-refractivity contribution is 7.84. The number of aryl methyl sites for hydroxylation is 2. The van der Waals surface area contributed by atoms with Gasteiger partial charge in [-0.15, -0.1) is 0 Å². The Kier molecular flexibility index (Phi) is 4.73. The third-order valence-electron chi connectivity index (χ3n) is 2.95. The van der Waals surface area contributed by atoms with Crippen LogP contribution >= 0.6 is 23.2 Å². The van der Waals surface area contributed by atoms with E-state index in [2.05, 4.69) is 5.10 Å². The van der Waals surface area contributed by atoms with E-state index >= 15 is 0 Å². The quantitative estimate of drug-likeness (QED) is 0.873. The molecule has 0 saturated carbocycles. The van der Waals surface area contributed by atoms with Gasteiger partial charge in [-0.25, -0.2) is 0 Å². The number of benzene rings is 1. The molecule has 20 heavy (non-hydrogen) atoms. The van der Waals surface area contributed by atoms with Crippen LogP contribution in [-0.4, -0.2) is 14.0 Å². The molecule has 2 aromatic rings. The fourth-order valence-corrected chi connectivity index (χ4v) is 3.99. The molecule has 0 amide bonds. The molecule has 0 spiro atoms. The number of rotatable bonds is 4. The molecule has 4 nitrogen and oxygen atoms in total. The van der Waals surface area contributed by atoms with E-state index in [4.69, 9.17) is 28.9 Å². The second kappa shape index (κ2) is 6.16. The average molecular weight is 332 g/mol. The Bertz CT molecular complexity index is 650. The van der Waals surface area contributed by atoms with Crippen LogP contribution in [0.1, 0.15) is 18.3 Å². The van der Waals surface area contributed by atoms with Gasteiger partial charge >= 0.3 is 0 Å². The molecule has 0 saturated heterocycles. The SMILES string of the molecule is CCn1nc(C)c(Cl)c1CS(=O)c1c(N)cccc1Cl. The fourth-order valence-electron chi connectivity index (χ4n) is 1.97. The van der Waals surface area contributed by atoms with Gasteiger partial charge in [-0.2, -0.15) is 5.10 Å². The van der Waals surface area contributed by atoms with E-state index in [1.165, 1.54) is 0 Å². The molecule has 1 aromatic carbocycles. The summed E-state index contributed by atoms with van der Waals surface area (Å²) in [5.74, 6) is 0.238. The number of halogens is 2. The zero-order chi connectivity index (χ0) is 14.9. The number of nitrogen functional groups attached to an aromatic ring is 1. The van der Waals surface area contributed by atoms with E-state index in [1.54, 1.807) is 22.9 Å². The lowest BCUT2D eigenvalue weighted by Gasteiger charge is -2.09. The van der Waals surface area contributed by atoms with Crippen molar-refractivity contribution in [3.63, 3.8) is 0 Å². The van der Waals surface area contributed by atoms with E-state index in [9.17, 15) is 4.21 Å². The molecule has 1 heterocycles. The third-order valence-corrected chi connectivity index (χ3v) is 5.31. The number of hydrogen-bond donors (Lipinski definition) is 1. The Morgan fingerprint density at radius 1 is 1.40 bits per heavy atom. The minimum Gasteiger partial charge on any atom is -0.398 e. The van der Waals surface area contributed by atoms with Crippen molar-refractivity contribution in [2.75, 3.05) is 5.73 Å². The van der Waals surface area contributed by atoms with Crippen LogP contribution in [0.2, 0.25) is 10.0 Å². The summed E-state index contributed by atoms with van der Waals surface area (Å²) in [6, 6.07) is 5.09. The first-order chi connectivity index (χ1) is 9.45. The maximum absolute atomic E-state index is 12.5. The van der Waals surface area contributed by atoms with Crippen molar-refractivity contribution in [1.29, 1.82) is 0 Å². The molecule has 0 fully saturated rings. The molecule has 2 rings (SSSR count). The van der Waals surface area contributed by atoms with Gasteiger partial charge in [0, 0.05) is 12.2 Å². The van der Waals surface area contributed by atoms with Crippen molar-refractivity contribution in [3.8, 4) is 0 Å². The maximum atomic E-state index is 12.5. The lowest BCUT2D eigenvalue weighted by Crippen LogP contribution is -2.08. The highest BCUT2D eigenvalue weighted by atomic mass is 35.5. The molecule has 0 radical (unpaired) electrons. The monoisotopic (exact) mass is 331 g/mol. The van der Waals surface area contributed by atoms with Crippen molar-refractivity contribution in [2.45, 2.75) is 31.0 Å². The summed E-state index contributed by atoms with van der Waals surface area (Å²) >= 11 is 12.3. The highest BCUT2D eigenvalue weighted by Crippen LogP contribution is 2.29. The van der Waals surface area contributed by atoms with Crippen LogP contribution in [0.15, 0.2) is 23.1 Å². The molecular weight excluding hydrogens is 317 g/mol. The average Bonchev–Trinajstić information content (AvgIpc) is 2.66. The van der Waals surface area contributed by atoms with Crippen LogP contribution in [0, 0.1) is 6.92 Å². The van der Waals surface area contributed by atoms with Crippen molar-refractivity contribution in [3.05, 3.63) is 39.6 Å². The van der Waals surface area contributed by atoms with Gasteiger partial charge in [-0.05, 0) is 26.0 Å². The number of anilines is 1. The molecule has 2 N–H and O–H groups in total. The van der Waals surface area contributed by atoms with E-state index in [0.29, 0.717) is 27.2 Å². The molecule has 0 aliphatic rings. The number of nitrogens with two attached hydrogens (primary N) is 1. The summed E-state index contributed by atoms with van der Waals surface area (Å²) in [6.07, 6.45) is 0. The van der Waals surface area contributed by atoms with Crippen molar-refractivity contribution >= 4 is 39.7 Å². The first kappa shape index (κ1) is 15.4. The largest absolute Gasteiger partial charge is 0.398 e. The summed E-state index contributed by atoms with van der Waals surface area (Å²) in [4.78, 5) is 0.451. The molecule has 1 atom stereocenters. The molecule has 1 unspecified atom stereocenters. The van der Waals surface area contributed by atoms with Gasteiger partial charge < -0.3 is 5.73 Å². The number of aromatic nitrogens is 2. The summed E-state index contributed by atoms with van der Waals surface area (Å²) in [6.45, 7) is 4.45. The van der Waals surface area contributed by atoms with Gasteiger partial charge in [0.05, 0.1) is 42.9 Å². The standard InChI is InChI=1S/C13H15Cl2N3OS/c1-3-18-11(12(15)8(2)17-18)7-20(19)13-9(14)5-4-6-10(13)16/h4-6H,3,7,16H2,1-2H3. The lowest BCUT2D eigenvalue weighted by molar-refractivity contribution is 0.627. The smallest absolute Gasteiger partial charge is 0.0856 e. The van der Waals surface area contributed by atoms with Crippen LogP contribution in [0.3, 0.4) is 0 Å². The minimum atomic E-state index is -1.37.